The van der Waals surface area contributed by atoms with E-state index in [1.165, 1.54) is 25.9 Å². The van der Waals surface area contributed by atoms with Gasteiger partial charge in [-0.25, -0.2) is 0 Å². The van der Waals surface area contributed by atoms with Gasteiger partial charge in [0.25, 0.3) is 0 Å². The maximum absolute atomic E-state index is 5.37. The molecule has 1 unspecified atom stereocenters. The van der Waals surface area contributed by atoms with Crippen LogP contribution in [0, 0.1) is 5.92 Å². The minimum Gasteiger partial charge on any atom is -0.377 e. The van der Waals surface area contributed by atoms with E-state index in [0.717, 1.165) is 25.6 Å². The van der Waals surface area contributed by atoms with Crippen molar-refractivity contribution in [1.82, 2.24) is 4.90 Å². The van der Waals surface area contributed by atoms with Gasteiger partial charge in [0.15, 0.2) is 0 Å². The van der Waals surface area contributed by atoms with E-state index in [4.69, 9.17) is 4.74 Å². The van der Waals surface area contributed by atoms with E-state index in [-0.39, 0.29) is 0 Å². The molecule has 0 amide bonds. The Labute approximate surface area is 93.3 Å². The lowest BCUT2D eigenvalue weighted by Crippen LogP contribution is -2.40. The molecular formula is C13H23NO. The van der Waals surface area contributed by atoms with E-state index < -0.39 is 0 Å². The molecule has 0 radical (unpaired) electrons. The molecule has 0 aromatic carbocycles. The number of likely N-dealkylation sites (tertiary alicyclic amines) is 1. The molecule has 2 aliphatic heterocycles. The van der Waals surface area contributed by atoms with Crippen LogP contribution in [0.5, 0.6) is 0 Å². The summed E-state index contributed by atoms with van der Waals surface area (Å²) in [5.41, 5.74) is 1.66. The molecule has 0 aliphatic carbocycles. The van der Waals surface area contributed by atoms with Crippen molar-refractivity contribution in [3.8, 4) is 0 Å². The molecule has 2 nitrogen and oxygen atoms in total. The van der Waals surface area contributed by atoms with Gasteiger partial charge in [-0.2, -0.15) is 0 Å². The third kappa shape index (κ3) is 2.82. The van der Waals surface area contributed by atoms with Crippen molar-refractivity contribution in [2.24, 2.45) is 5.92 Å². The van der Waals surface area contributed by atoms with Crippen LogP contribution < -0.4 is 0 Å². The van der Waals surface area contributed by atoms with Gasteiger partial charge in [-0.05, 0) is 45.6 Å². The highest BCUT2D eigenvalue weighted by atomic mass is 16.5. The second-order valence-electron chi connectivity index (χ2n) is 5.03. The fourth-order valence-electron chi connectivity index (χ4n) is 2.69. The third-order valence-electron chi connectivity index (χ3n) is 3.71. The lowest BCUT2D eigenvalue weighted by molar-refractivity contribution is 0.128. The Balaban J connectivity index is 1.94. The smallest absolute Gasteiger partial charge is 0.0650 e. The molecular weight excluding hydrogens is 186 g/mol. The van der Waals surface area contributed by atoms with Gasteiger partial charge in [-0.1, -0.05) is 11.6 Å². The molecule has 2 aliphatic rings. The molecule has 2 rings (SSSR count). The van der Waals surface area contributed by atoms with Crippen molar-refractivity contribution < 1.29 is 4.74 Å². The molecule has 0 saturated carbocycles. The van der Waals surface area contributed by atoms with Gasteiger partial charge in [-0.15, -0.1) is 0 Å². The van der Waals surface area contributed by atoms with E-state index in [9.17, 15) is 0 Å². The third-order valence-corrected chi connectivity index (χ3v) is 3.71. The van der Waals surface area contributed by atoms with Crippen LogP contribution in [-0.2, 0) is 4.74 Å². The lowest BCUT2D eigenvalue weighted by Gasteiger charge is -2.37. The predicted octanol–water partition coefficient (Wildman–Crippen LogP) is 2.45. The average molecular weight is 209 g/mol. The zero-order chi connectivity index (χ0) is 10.7. The van der Waals surface area contributed by atoms with E-state index in [1.54, 1.807) is 5.57 Å². The Hall–Kier alpha value is -0.340. The molecule has 1 atom stereocenters. The van der Waals surface area contributed by atoms with Crippen molar-refractivity contribution in [1.29, 1.82) is 0 Å². The van der Waals surface area contributed by atoms with Crippen LogP contribution in [0.25, 0.3) is 0 Å². The summed E-state index contributed by atoms with van der Waals surface area (Å²) in [6.07, 6.45) is 6.23. The van der Waals surface area contributed by atoms with Gasteiger partial charge in [-0.3, -0.25) is 0 Å². The molecule has 0 spiro atoms. The van der Waals surface area contributed by atoms with Gasteiger partial charge in [0.05, 0.1) is 13.2 Å². The summed E-state index contributed by atoms with van der Waals surface area (Å²) in [6.45, 7) is 8.94. The molecule has 15 heavy (non-hydrogen) atoms. The highest BCUT2D eigenvalue weighted by molar-refractivity contribution is 5.10. The molecule has 86 valence electrons. The Morgan fingerprint density at radius 1 is 1.47 bits per heavy atom. The van der Waals surface area contributed by atoms with Gasteiger partial charge in [0.2, 0.25) is 0 Å². The van der Waals surface area contributed by atoms with Crippen LogP contribution in [-0.4, -0.2) is 37.2 Å². The standard InChI is InChI=1S/C13H23NO/c1-11(2)14-7-3-4-13(10-14)12-5-8-15-9-6-12/h5,11,13H,3-4,6-10H2,1-2H3. The van der Waals surface area contributed by atoms with Gasteiger partial charge >= 0.3 is 0 Å². The highest BCUT2D eigenvalue weighted by Crippen LogP contribution is 2.28. The van der Waals surface area contributed by atoms with Gasteiger partial charge < -0.3 is 9.64 Å². The van der Waals surface area contributed by atoms with E-state index in [1.807, 2.05) is 0 Å². The summed E-state index contributed by atoms with van der Waals surface area (Å²) >= 11 is 0. The number of nitrogens with zero attached hydrogens (tertiary/aromatic N) is 1. The molecule has 1 saturated heterocycles. The molecule has 0 N–H and O–H groups in total. The molecule has 0 aromatic heterocycles. The largest absolute Gasteiger partial charge is 0.377 e. The molecule has 2 heterocycles. The van der Waals surface area contributed by atoms with Crippen LogP contribution in [0.2, 0.25) is 0 Å². The quantitative estimate of drug-likeness (QED) is 0.648. The van der Waals surface area contributed by atoms with Crippen LogP contribution in [0.15, 0.2) is 11.6 Å². The van der Waals surface area contributed by atoms with E-state index in [0.29, 0.717) is 6.04 Å². The second kappa shape index (κ2) is 5.13. The maximum Gasteiger partial charge on any atom is 0.0650 e. The first kappa shape index (κ1) is 11.2. The van der Waals surface area contributed by atoms with Crippen molar-refractivity contribution in [2.45, 2.75) is 39.2 Å². The van der Waals surface area contributed by atoms with Gasteiger partial charge in [0.1, 0.15) is 0 Å². The summed E-state index contributed by atoms with van der Waals surface area (Å²) in [5.74, 6) is 0.810. The summed E-state index contributed by atoms with van der Waals surface area (Å²) in [7, 11) is 0. The minimum atomic E-state index is 0.702. The Bertz CT molecular complexity index is 235. The topological polar surface area (TPSA) is 12.5 Å². The molecule has 2 heteroatoms. The number of ether oxygens (including phenoxy) is 1. The zero-order valence-corrected chi connectivity index (χ0v) is 10.0. The zero-order valence-electron chi connectivity index (χ0n) is 10.0. The van der Waals surface area contributed by atoms with Crippen molar-refractivity contribution in [3.05, 3.63) is 11.6 Å². The average Bonchev–Trinajstić information content (AvgIpc) is 2.30. The van der Waals surface area contributed by atoms with E-state index in [2.05, 4.69) is 24.8 Å². The lowest BCUT2D eigenvalue weighted by atomic mass is 9.87. The Kier molecular flexibility index (Phi) is 3.81. The first-order valence-electron chi connectivity index (χ1n) is 6.28. The van der Waals surface area contributed by atoms with Crippen molar-refractivity contribution in [2.75, 3.05) is 26.3 Å². The molecule has 0 aromatic rings. The fourth-order valence-corrected chi connectivity index (χ4v) is 2.69. The Morgan fingerprint density at radius 3 is 3.00 bits per heavy atom. The number of hydrogen-bond donors (Lipinski definition) is 0. The summed E-state index contributed by atoms with van der Waals surface area (Å²) in [4.78, 5) is 2.62. The summed E-state index contributed by atoms with van der Waals surface area (Å²) in [5, 5.41) is 0. The minimum absolute atomic E-state index is 0.702. The number of piperidine rings is 1. The first-order chi connectivity index (χ1) is 7.27. The second-order valence-corrected chi connectivity index (χ2v) is 5.03. The number of rotatable bonds is 2. The van der Waals surface area contributed by atoms with E-state index >= 15 is 0 Å². The predicted molar refractivity (Wildman–Crippen MR) is 63.0 cm³/mol. The fraction of sp³-hybridized carbons (Fsp3) is 0.846. The molecule has 1 fully saturated rings. The van der Waals surface area contributed by atoms with Crippen LogP contribution in [0.1, 0.15) is 33.1 Å². The SMILES string of the molecule is CC(C)N1CCCC(C2=CCOCC2)C1. The van der Waals surface area contributed by atoms with Crippen LogP contribution >= 0.6 is 0 Å². The highest BCUT2D eigenvalue weighted by Gasteiger charge is 2.24. The molecule has 0 bridgehead atoms. The van der Waals surface area contributed by atoms with Crippen molar-refractivity contribution in [3.63, 3.8) is 0 Å². The Morgan fingerprint density at radius 2 is 2.33 bits per heavy atom. The maximum atomic E-state index is 5.37. The number of hydrogen-bond acceptors (Lipinski definition) is 2. The summed E-state index contributed by atoms with van der Waals surface area (Å²) < 4.78 is 5.37. The van der Waals surface area contributed by atoms with Crippen LogP contribution in [0.3, 0.4) is 0 Å². The summed E-state index contributed by atoms with van der Waals surface area (Å²) in [6, 6.07) is 0.702. The van der Waals surface area contributed by atoms with Crippen molar-refractivity contribution >= 4 is 0 Å². The monoisotopic (exact) mass is 209 g/mol. The normalized spacial score (nSPS) is 29.3. The van der Waals surface area contributed by atoms with Crippen LogP contribution in [0.4, 0.5) is 0 Å². The first-order valence-corrected chi connectivity index (χ1v) is 6.28. The van der Waals surface area contributed by atoms with Gasteiger partial charge in [0, 0.05) is 12.6 Å².